The van der Waals surface area contributed by atoms with E-state index in [-0.39, 0.29) is 0 Å². The van der Waals surface area contributed by atoms with Crippen molar-refractivity contribution >= 4 is 6.09 Å². The Labute approximate surface area is 60.9 Å². The average Bonchev–Trinajstić information content (AvgIpc) is 1.87. The quantitative estimate of drug-likeness (QED) is 0.478. The van der Waals surface area contributed by atoms with Crippen LogP contribution in [0, 0.1) is 0 Å². The lowest BCUT2D eigenvalue weighted by Crippen LogP contribution is -2.13. The molecule has 0 atom stereocenters. The zero-order valence-electron chi connectivity index (χ0n) is 6.17. The van der Waals surface area contributed by atoms with Crippen molar-refractivity contribution in [3.63, 3.8) is 0 Å². The minimum absolute atomic E-state index is 0.416. The van der Waals surface area contributed by atoms with Crippen molar-refractivity contribution in [1.82, 2.24) is 0 Å². The topological polar surface area (TPSA) is 52.3 Å². The molecule has 10 heavy (non-hydrogen) atoms. The second-order valence-electron chi connectivity index (χ2n) is 1.88. The summed E-state index contributed by atoms with van der Waals surface area (Å²) in [5.41, 5.74) is 4.73. The van der Waals surface area contributed by atoms with E-state index in [9.17, 15) is 4.79 Å². The third kappa shape index (κ3) is 7.01. The zero-order chi connectivity index (χ0) is 7.82. The van der Waals surface area contributed by atoms with Crippen LogP contribution in [0.2, 0.25) is 0 Å². The molecular weight excluding hydrogens is 130 g/mol. The molecule has 3 nitrogen and oxygen atoms in total. The minimum atomic E-state index is -0.694. The molecule has 2 N–H and O–H groups in total. The van der Waals surface area contributed by atoms with Gasteiger partial charge < -0.3 is 10.5 Å². The Hall–Kier alpha value is -0.990. The second-order valence-corrected chi connectivity index (χ2v) is 1.88. The van der Waals surface area contributed by atoms with Crippen LogP contribution in [0.25, 0.3) is 0 Å². The van der Waals surface area contributed by atoms with Crippen LogP contribution in [0.4, 0.5) is 4.79 Å². The van der Waals surface area contributed by atoms with Crippen molar-refractivity contribution in [2.45, 2.75) is 19.8 Å². The van der Waals surface area contributed by atoms with E-state index in [0.29, 0.717) is 6.61 Å². The number of carbonyl (C=O) groups is 1. The van der Waals surface area contributed by atoms with E-state index < -0.39 is 6.09 Å². The van der Waals surface area contributed by atoms with E-state index in [1.54, 1.807) is 0 Å². The lowest BCUT2D eigenvalue weighted by atomic mass is 10.3. The predicted octanol–water partition coefficient (Wildman–Crippen LogP) is 1.44. The molecule has 3 heteroatoms. The van der Waals surface area contributed by atoms with Crippen LogP contribution >= 0.6 is 0 Å². The standard InChI is InChI=1S/C7H13NO2/c1-2-3-4-5-6-10-7(8)9/h2-3H,4-6H2,1H3,(H2,8,9)/b3-2-. The Morgan fingerprint density at radius 3 is 2.90 bits per heavy atom. The van der Waals surface area contributed by atoms with Gasteiger partial charge in [-0.3, -0.25) is 0 Å². The van der Waals surface area contributed by atoms with Gasteiger partial charge in [0.25, 0.3) is 0 Å². The van der Waals surface area contributed by atoms with Crippen molar-refractivity contribution in [2.24, 2.45) is 5.73 Å². The van der Waals surface area contributed by atoms with E-state index in [0.717, 1.165) is 12.8 Å². The molecule has 1 amide bonds. The molecule has 58 valence electrons. The fraction of sp³-hybridized carbons (Fsp3) is 0.571. The highest BCUT2D eigenvalue weighted by molar-refractivity contribution is 5.64. The second kappa shape index (κ2) is 6.13. The number of unbranched alkanes of at least 4 members (excludes halogenated alkanes) is 1. The van der Waals surface area contributed by atoms with Crippen LogP contribution in [-0.4, -0.2) is 12.7 Å². The zero-order valence-corrected chi connectivity index (χ0v) is 6.17. The van der Waals surface area contributed by atoms with Crippen LogP contribution in [0.5, 0.6) is 0 Å². The Kier molecular flexibility index (Phi) is 5.53. The molecule has 0 saturated heterocycles. The van der Waals surface area contributed by atoms with Gasteiger partial charge in [0.1, 0.15) is 0 Å². The molecule has 0 aromatic carbocycles. The van der Waals surface area contributed by atoms with Gasteiger partial charge in [0.05, 0.1) is 6.61 Å². The van der Waals surface area contributed by atoms with Crippen molar-refractivity contribution in [2.75, 3.05) is 6.61 Å². The number of rotatable bonds is 4. The minimum Gasteiger partial charge on any atom is -0.450 e. The fourth-order valence-corrected chi connectivity index (χ4v) is 0.541. The van der Waals surface area contributed by atoms with E-state index in [1.807, 2.05) is 19.1 Å². The predicted molar refractivity (Wildman–Crippen MR) is 39.6 cm³/mol. The van der Waals surface area contributed by atoms with Gasteiger partial charge in [-0.2, -0.15) is 0 Å². The van der Waals surface area contributed by atoms with Crippen LogP contribution in [-0.2, 0) is 4.74 Å². The Bertz CT molecular complexity index is 121. The first-order chi connectivity index (χ1) is 4.77. The van der Waals surface area contributed by atoms with Crippen molar-refractivity contribution in [3.05, 3.63) is 12.2 Å². The molecule has 0 aromatic heterocycles. The Morgan fingerprint density at radius 2 is 2.40 bits per heavy atom. The van der Waals surface area contributed by atoms with Gasteiger partial charge in [-0.15, -0.1) is 0 Å². The molecule has 0 spiro atoms. The maximum Gasteiger partial charge on any atom is 0.404 e. The fourth-order valence-electron chi connectivity index (χ4n) is 0.541. The molecule has 0 radical (unpaired) electrons. The van der Waals surface area contributed by atoms with E-state index in [2.05, 4.69) is 4.74 Å². The van der Waals surface area contributed by atoms with Crippen LogP contribution in [0.1, 0.15) is 19.8 Å². The smallest absolute Gasteiger partial charge is 0.404 e. The number of ether oxygens (including phenoxy) is 1. The largest absolute Gasteiger partial charge is 0.450 e. The summed E-state index contributed by atoms with van der Waals surface area (Å²) in [6.45, 7) is 2.37. The molecule has 0 aromatic rings. The third-order valence-corrected chi connectivity index (χ3v) is 0.995. The lowest BCUT2D eigenvalue weighted by molar-refractivity contribution is 0.155. The molecule has 0 rings (SSSR count). The van der Waals surface area contributed by atoms with E-state index >= 15 is 0 Å². The van der Waals surface area contributed by atoms with Gasteiger partial charge >= 0.3 is 6.09 Å². The molecule has 0 heterocycles. The first-order valence-corrected chi connectivity index (χ1v) is 3.30. The van der Waals surface area contributed by atoms with Crippen LogP contribution in [0.3, 0.4) is 0 Å². The number of nitrogens with two attached hydrogens (primary N) is 1. The number of carbonyl (C=O) groups excluding carboxylic acids is 1. The van der Waals surface area contributed by atoms with Crippen LogP contribution < -0.4 is 5.73 Å². The molecule has 0 bridgehead atoms. The van der Waals surface area contributed by atoms with Gasteiger partial charge in [0.15, 0.2) is 0 Å². The highest BCUT2D eigenvalue weighted by Crippen LogP contribution is 1.90. The number of allylic oxidation sites excluding steroid dienone is 2. The summed E-state index contributed by atoms with van der Waals surface area (Å²) in [6.07, 6.45) is 5.06. The van der Waals surface area contributed by atoms with Gasteiger partial charge in [-0.05, 0) is 19.8 Å². The van der Waals surface area contributed by atoms with E-state index in [1.165, 1.54) is 0 Å². The molecule has 0 saturated carbocycles. The summed E-state index contributed by atoms with van der Waals surface area (Å²) in [5.74, 6) is 0. The summed E-state index contributed by atoms with van der Waals surface area (Å²) < 4.78 is 4.49. The maximum absolute atomic E-state index is 10.0. The molecule has 0 fully saturated rings. The maximum atomic E-state index is 10.0. The first kappa shape index (κ1) is 9.01. The van der Waals surface area contributed by atoms with Gasteiger partial charge in [0, 0.05) is 0 Å². The molecular formula is C7H13NO2. The summed E-state index contributed by atoms with van der Waals surface area (Å²) in [5, 5.41) is 0. The van der Waals surface area contributed by atoms with Crippen molar-refractivity contribution in [3.8, 4) is 0 Å². The van der Waals surface area contributed by atoms with Gasteiger partial charge in [-0.25, -0.2) is 4.79 Å². The van der Waals surface area contributed by atoms with Crippen molar-refractivity contribution < 1.29 is 9.53 Å². The molecule has 0 aliphatic heterocycles. The molecule has 0 aliphatic rings. The third-order valence-electron chi connectivity index (χ3n) is 0.995. The summed E-state index contributed by atoms with van der Waals surface area (Å²) >= 11 is 0. The lowest BCUT2D eigenvalue weighted by Gasteiger charge is -1.96. The molecule has 0 aliphatic carbocycles. The van der Waals surface area contributed by atoms with Gasteiger partial charge in [0.2, 0.25) is 0 Å². The molecule has 0 unspecified atom stereocenters. The highest BCUT2D eigenvalue weighted by Gasteiger charge is 1.89. The summed E-state index contributed by atoms with van der Waals surface area (Å²) in [7, 11) is 0. The number of amides is 1. The van der Waals surface area contributed by atoms with Crippen molar-refractivity contribution in [1.29, 1.82) is 0 Å². The number of hydrogen-bond acceptors (Lipinski definition) is 2. The Morgan fingerprint density at radius 1 is 1.70 bits per heavy atom. The van der Waals surface area contributed by atoms with E-state index in [4.69, 9.17) is 5.73 Å². The Balaban J connectivity index is 2.98. The highest BCUT2D eigenvalue weighted by atomic mass is 16.5. The van der Waals surface area contributed by atoms with Crippen LogP contribution in [0.15, 0.2) is 12.2 Å². The normalized spacial score (nSPS) is 10.1. The monoisotopic (exact) mass is 143 g/mol. The first-order valence-electron chi connectivity index (χ1n) is 3.30. The van der Waals surface area contributed by atoms with Gasteiger partial charge in [-0.1, -0.05) is 12.2 Å². The number of primary amides is 1. The number of hydrogen-bond donors (Lipinski definition) is 1. The SMILES string of the molecule is C/C=C\CCCOC(N)=O. The average molecular weight is 143 g/mol. The summed E-state index contributed by atoms with van der Waals surface area (Å²) in [4.78, 5) is 10.0. The summed E-state index contributed by atoms with van der Waals surface area (Å²) in [6, 6.07) is 0.